The molecule has 0 radical (unpaired) electrons. The second kappa shape index (κ2) is 8.45. The average Bonchev–Trinajstić information content (AvgIpc) is 3.50. The highest BCUT2D eigenvalue weighted by Gasteiger charge is 2.38. The molecule has 2 heterocycles. The van der Waals surface area contributed by atoms with Crippen LogP contribution in [-0.2, 0) is 5.41 Å². The van der Waals surface area contributed by atoms with Crippen LogP contribution in [0.25, 0.3) is 67.2 Å². The van der Waals surface area contributed by atoms with Crippen LogP contribution in [0.1, 0.15) is 25.0 Å². The van der Waals surface area contributed by atoms with E-state index in [9.17, 15) is 0 Å². The maximum atomic E-state index is 6.50. The Morgan fingerprint density at radius 1 is 0.525 bits per heavy atom. The molecule has 40 heavy (non-hydrogen) atoms. The van der Waals surface area contributed by atoms with Gasteiger partial charge in [0.2, 0.25) is 0 Å². The average molecular weight is 516 g/mol. The summed E-state index contributed by atoms with van der Waals surface area (Å²) >= 11 is 0. The molecule has 2 aromatic heterocycles. The van der Waals surface area contributed by atoms with E-state index in [0.29, 0.717) is 17.5 Å². The number of fused-ring (bicyclic) bond motifs is 7. The lowest BCUT2D eigenvalue weighted by atomic mass is 9.82. The summed E-state index contributed by atoms with van der Waals surface area (Å²) in [4.78, 5) is 14.8. The van der Waals surface area contributed by atoms with Crippen LogP contribution in [0.15, 0.2) is 120 Å². The Morgan fingerprint density at radius 2 is 1.10 bits per heavy atom. The first kappa shape index (κ1) is 22.9. The zero-order chi connectivity index (χ0) is 26.8. The van der Waals surface area contributed by atoms with Gasteiger partial charge >= 0.3 is 0 Å². The molecular formula is C36H25N3O. The van der Waals surface area contributed by atoms with Gasteiger partial charge < -0.3 is 4.42 Å². The van der Waals surface area contributed by atoms with Crippen molar-refractivity contribution in [2.45, 2.75) is 19.3 Å². The van der Waals surface area contributed by atoms with Crippen LogP contribution in [0.5, 0.6) is 0 Å². The largest absolute Gasteiger partial charge is 0.455 e. The lowest BCUT2D eigenvalue weighted by Crippen LogP contribution is -2.14. The van der Waals surface area contributed by atoms with Crippen molar-refractivity contribution in [2.75, 3.05) is 0 Å². The second-order valence-corrected chi connectivity index (χ2v) is 10.9. The zero-order valence-corrected chi connectivity index (χ0v) is 22.2. The van der Waals surface area contributed by atoms with Crippen LogP contribution in [-0.4, -0.2) is 15.0 Å². The minimum Gasteiger partial charge on any atom is -0.455 e. The number of hydrogen-bond acceptors (Lipinski definition) is 4. The third-order valence-electron chi connectivity index (χ3n) is 8.14. The molecular weight excluding hydrogens is 490 g/mol. The summed E-state index contributed by atoms with van der Waals surface area (Å²) in [5, 5.41) is 2.28. The van der Waals surface area contributed by atoms with Crippen molar-refractivity contribution in [1.29, 1.82) is 0 Å². The number of rotatable bonds is 3. The van der Waals surface area contributed by atoms with E-state index in [-0.39, 0.29) is 5.41 Å². The van der Waals surface area contributed by atoms with E-state index >= 15 is 0 Å². The van der Waals surface area contributed by atoms with Crippen LogP contribution < -0.4 is 0 Å². The molecule has 5 aromatic carbocycles. The lowest BCUT2D eigenvalue weighted by molar-refractivity contribution is 0.653. The first-order chi connectivity index (χ1) is 19.6. The number of benzene rings is 5. The molecule has 0 saturated heterocycles. The van der Waals surface area contributed by atoms with Gasteiger partial charge in [-0.3, -0.25) is 0 Å². The molecule has 0 spiro atoms. The highest BCUT2D eigenvalue weighted by Crippen LogP contribution is 2.53. The molecule has 0 N–H and O–H groups in total. The minimum absolute atomic E-state index is 0.153. The molecule has 4 heteroatoms. The molecule has 7 aromatic rings. The number of furan rings is 1. The molecule has 4 nitrogen and oxygen atoms in total. The molecule has 0 atom stereocenters. The van der Waals surface area contributed by atoms with Crippen LogP contribution >= 0.6 is 0 Å². The Kier molecular flexibility index (Phi) is 4.83. The standard InChI is InChI=1S/C36H25N3O/c1-36(2)28-19-17-24(21-27(28)31-29(36)20-18-26-25-15-9-10-16-30(25)40-32(26)31)35-38-33(22-11-5-3-6-12-22)37-34(39-35)23-13-7-4-8-14-23/h3-21H,1-2H3. The van der Waals surface area contributed by atoms with Gasteiger partial charge in [0.15, 0.2) is 17.5 Å². The first-order valence-corrected chi connectivity index (χ1v) is 13.5. The van der Waals surface area contributed by atoms with Gasteiger partial charge in [-0.1, -0.05) is 117 Å². The molecule has 1 aliphatic carbocycles. The van der Waals surface area contributed by atoms with Gasteiger partial charge in [0.05, 0.1) is 0 Å². The maximum absolute atomic E-state index is 6.50. The maximum Gasteiger partial charge on any atom is 0.164 e. The predicted octanol–water partition coefficient (Wildman–Crippen LogP) is 9.08. The van der Waals surface area contributed by atoms with Crippen LogP contribution in [0.3, 0.4) is 0 Å². The van der Waals surface area contributed by atoms with E-state index in [1.54, 1.807) is 0 Å². The highest BCUT2D eigenvalue weighted by atomic mass is 16.3. The van der Waals surface area contributed by atoms with Gasteiger partial charge in [-0.25, -0.2) is 15.0 Å². The molecule has 0 saturated carbocycles. The first-order valence-electron chi connectivity index (χ1n) is 13.5. The molecule has 190 valence electrons. The van der Waals surface area contributed by atoms with Gasteiger partial charge in [0.25, 0.3) is 0 Å². The summed E-state index contributed by atoms with van der Waals surface area (Å²) in [7, 11) is 0. The molecule has 0 unspecified atom stereocenters. The summed E-state index contributed by atoms with van der Waals surface area (Å²) in [5.74, 6) is 1.97. The lowest BCUT2D eigenvalue weighted by Gasteiger charge is -2.21. The molecule has 0 fully saturated rings. The fourth-order valence-electron chi connectivity index (χ4n) is 6.10. The van der Waals surface area contributed by atoms with Crippen LogP contribution in [0, 0.1) is 0 Å². The molecule has 0 amide bonds. The van der Waals surface area contributed by atoms with Gasteiger partial charge in [-0.15, -0.1) is 0 Å². The smallest absolute Gasteiger partial charge is 0.164 e. The van der Waals surface area contributed by atoms with Crippen molar-refractivity contribution in [3.8, 4) is 45.3 Å². The van der Waals surface area contributed by atoms with E-state index in [0.717, 1.165) is 44.2 Å². The second-order valence-electron chi connectivity index (χ2n) is 10.9. The normalized spacial score (nSPS) is 13.4. The van der Waals surface area contributed by atoms with Gasteiger partial charge in [0.1, 0.15) is 11.2 Å². The van der Waals surface area contributed by atoms with E-state index < -0.39 is 0 Å². The fourth-order valence-corrected chi connectivity index (χ4v) is 6.10. The molecule has 8 rings (SSSR count). The Bertz CT molecular complexity index is 2020. The quantitative estimate of drug-likeness (QED) is 0.235. The van der Waals surface area contributed by atoms with Crippen molar-refractivity contribution < 1.29 is 4.42 Å². The van der Waals surface area contributed by atoms with Crippen molar-refractivity contribution in [3.63, 3.8) is 0 Å². The van der Waals surface area contributed by atoms with Gasteiger partial charge in [-0.2, -0.15) is 0 Å². The number of nitrogens with zero attached hydrogens (tertiary/aromatic N) is 3. The fraction of sp³-hybridized carbons (Fsp3) is 0.0833. The minimum atomic E-state index is -0.153. The van der Waals surface area contributed by atoms with Crippen molar-refractivity contribution >= 4 is 21.9 Å². The monoisotopic (exact) mass is 515 g/mol. The number of para-hydroxylation sites is 1. The van der Waals surface area contributed by atoms with Crippen molar-refractivity contribution in [1.82, 2.24) is 15.0 Å². The SMILES string of the molecule is CC1(C)c2ccc(-c3nc(-c4ccccc4)nc(-c4ccccc4)n3)cc2-c2c1ccc1c2oc2ccccc21. The van der Waals surface area contributed by atoms with Gasteiger partial charge in [0, 0.05) is 38.4 Å². The Labute approximate surface area is 232 Å². The summed E-state index contributed by atoms with van der Waals surface area (Å²) in [6.07, 6.45) is 0. The molecule has 0 bridgehead atoms. The Morgan fingerprint density at radius 3 is 1.77 bits per heavy atom. The third-order valence-corrected chi connectivity index (χ3v) is 8.14. The van der Waals surface area contributed by atoms with Crippen molar-refractivity contribution in [3.05, 3.63) is 126 Å². The molecule has 1 aliphatic rings. The van der Waals surface area contributed by atoms with E-state index in [1.165, 1.54) is 16.7 Å². The molecule has 0 aliphatic heterocycles. The summed E-state index contributed by atoms with van der Waals surface area (Å²) in [5.41, 5.74) is 9.45. The van der Waals surface area contributed by atoms with E-state index in [4.69, 9.17) is 19.4 Å². The van der Waals surface area contributed by atoms with E-state index in [2.05, 4.69) is 56.3 Å². The summed E-state index contributed by atoms with van der Waals surface area (Å²) in [6, 6.07) is 39.5. The highest BCUT2D eigenvalue weighted by molar-refractivity contribution is 6.11. The van der Waals surface area contributed by atoms with Gasteiger partial charge in [-0.05, 0) is 28.8 Å². The van der Waals surface area contributed by atoms with Crippen molar-refractivity contribution in [2.24, 2.45) is 0 Å². The third kappa shape index (κ3) is 3.36. The summed E-state index contributed by atoms with van der Waals surface area (Å²) in [6.45, 7) is 4.57. The topological polar surface area (TPSA) is 51.8 Å². The predicted molar refractivity (Wildman–Crippen MR) is 161 cm³/mol. The van der Waals surface area contributed by atoms with Crippen LogP contribution in [0.4, 0.5) is 0 Å². The van der Waals surface area contributed by atoms with E-state index in [1.807, 2.05) is 72.8 Å². The Balaban J connectivity index is 1.37. The Hall–Kier alpha value is -5.09. The van der Waals surface area contributed by atoms with Crippen LogP contribution in [0.2, 0.25) is 0 Å². The number of hydrogen-bond donors (Lipinski definition) is 0. The summed E-state index contributed by atoms with van der Waals surface area (Å²) < 4.78 is 6.50. The zero-order valence-electron chi connectivity index (χ0n) is 22.2. The number of aromatic nitrogens is 3.